The van der Waals surface area contributed by atoms with Gasteiger partial charge in [0.15, 0.2) is 0 Å². The zero-order chi connectivity index (χ0) is 20.4. The van der Waals surface area contributed by atoms with E-state index in [0.29, 0.717) is 29.2 Å². The molecule has 0 aliphatic rings. The molecule has 5 N–H and O–H groups in total. The molecule has 2 rings (SSSR count). The number of unbranched alkanes of at least 4 members (excludes halogenated alkanes) is 3. The zero-order valence-electron chi connectivity index (χ0n) is 16.3. The Balaban J connectivity index is 2.02. The van der Waals surface area contributed by atoms with E-state index in [-0.39, 0.29) is 0 Å². The quantitative estimate of drug-likeness (QED) is 0.351. The molecule has 2 atom stereocenters. The molecule has 0 heterocycles. The van der Waals surface area contributed by atoms with Crippen molar-refractivity contribution in [3.05, 3.63) is 59.7 Å². The predicted molar refractivity (Wildman–Crippen MR) is 110 cm³/mol. The number of hydrogen-bond donors (Lipinski definition) is 4. The Morgan fingerprint density at radius 1 is 1.11 bits per heavy atom. The Morgan fingerprint density at radius 3 is 2.50 bits per heavy atom. The van der Waals surface area contributed by atoms with Crippen LogP contribution >= 0.6 is 0 Å². The SMILES string of the molecule is CCCCCCOc1ccccc1C(=O)NC(CO)C(O)c1ccc(N)cc1. The molecule has 0 aromatic heterocycles. The Hall–Kier alpha value is -2.57. The first-order valence-electron chi connectivity index (χ1n) is 9.73. The lowest BCUT2D eigenvalue weighted by Crippen LogP contribution is -2.42. The summed E-state index contributed by atoms with van der Waals surface area (Å²) in [5.74, 6) is 0.0906. The van der Waals surface area contributed by atoms with E-state index in [0.717, 1.165) is 25.7 Å². The number of carbonyl (C=O) groups excluding carboxylic acids is 1. The summed E-state index contributed by atoms with van der Waals surface area (Å²) in [5, 5.41) is 22.9. The van der Waals surface area contributed by atoms with E-state index < -0.39 is 24.7 Å². The molecule has 152 valence electrons. The standard InChI is InChI=1S/C22H30N2O4/c1-2-3-4-7-14-28-20-9-6-5-8-18(20)22(27)24-19(15-25)21(26)16-10-12-17(23)13-11-16/h5-6,8-13,19,21,25-26H,2-4,7,14-15,23H2,1H3,(H,24,27). The predicted octanol–water partition coefficient (Wildman–Crippen LogP) is 3.05. The fraction of sp³-hybridized carbons (Fsp3) is 0.409. The molecule has 2 aromatic carbocycles. The normalized spacial score (nSPS) is 13.0. The number of nitrogens with two attached hydrogens (primary N) is 1. The first-order valence-corrected chi connectivity index (χ1v) is 9.73. The van der Waals surface area contributed by atoms with Crippen LogP contribution in [0.3, 0.4) is 0 Å². The summed E-state index contributed by atoms with van der Waals surface area (Å²) >= 11 is 0. The number of hydrogen-bond acceptors (Lipinski definition) is 5. The van der Waals surface area contributed by atoms with Crippen molar-refractivity contribution in [1.29, 1.82) is 0 Å². The maximum absolute atomic E-state index is 12.7. The van der Waals surface area contributed by atoms with Crippen LogP contribution in [0, 0.1) is 0 Å². The van der Waals surface area contributed by atoms with Crippen molar-refractivity contribution in [3.8, 4) is 5.75 Å². The third kappa shape index (κ3) is 6.25. The lowest BCUT2D eigenvalue weighted by Gasteiger charge is -2.23. The average Bonchev–Trinajstić information content (AvgIpc) is 2.72. The molecule has 0 saturated carbocycles. The minimum Gasteiger partial charge on any atom is -0.493 e. The molecule has 2 unspecified atom stereocenters. The molecule has 0 aliphatic heterocycles. The van der Waals surface area contributed by atoms with Gasteiger partial charge in [-0.25, -0.2) is 0 Å². The van der Waals surface area contributed by atoms with Gasteiger partial charge in [-0.15, -0.1) is 0 Å². The van der Waals surface area contributed by atoms with E-state index in [9.17, 15) is 15.0 Å². The van der Waals surface area contributed by atoms with Gasteiger partial charge in [-0.2, -0.15) is 0 Å². The van der Waals surface area contributed by atoms with Crippen LogP contribution in [0.2, 0.25) is 0 Å². The Morgan fingerprint density at radius 2 is 1.82 bits per heavy atom. The van der Waals surface area contributed by atoms with Crippen LogP contribution in [0.4, 0.5) is 5.69 Å². The van der Waals surface area contributed by atoms with Gasteiger partial charge in [0.25, 0.3) is 5.91 Å². The van der Waals surface area contributed by atoms with Gasteiger partial charge in [-0.05, 0) is 36.2 Å². The number of amides is 1. The van der Waals surface area contributed by atoms with Crippen molar-refractivity contribution in [3.63, 3.8) is 0 Å². The van der Waals surface area contributed by atoms with E-state index in [1.54, 1.807) is 42.5 Å². The van der Waals surface area contributed by atoms with Gasteiger partial charge >= 0.3 is 0 Å². The van der Waals surface area contributed by atoms with Crippen LogP contribution in [0.15, 0.2) is 48.5 Å². The van der Waals surface area contributed by atoms with Gasteiger partial charge in [-0.1, -0.05) is 50.5 Å². The summed E-state index contributed by atoms with van der Waals surface area (Å²) in [6.07, 6.45) is 3.27. The molecule has 28 heavy (non-hydrogen) atoms. The van der Waals surface area contributed by atoms with Gasteiger partial charge in [-0.3, -0.25) is 4.79 Å². The number of carbonyl (C=O) groups is 1. The summed E-state index contributed by atoms with van der Waals surface area (Å²) in [6.45, 7) is 2.29. The second-order valence-electron chi connectivity index (χ2n) is 6.78. The van der Waals surface area contributed by atoms with E-state index in [1.807, 2.05) is 6.07 Å². The number of aliphatic hydroxyl groups is 2. The van der Waals surface area contributed by atoms with Crippen LogP contribution in [0.1, 0.15) is 54.6 Å². The molecule has 0 bridgehead atoms. The van der Waals surface area contributed by atoms with E-state index in [1.165, 1.54) is 0 Å². The van der Waals surface area contributed by atoms with Crippen molar-refractivity contribution < 1.29 is 19.7 Å². The number of anilines is 1. The average molecular weight is 386 g/mol. The first-order chi connectivity index (χ1) is 13.6. The van der Waals surface area contributed by atoms with Gasteiger partial charge in [0.2, 0.25) is 0 Å². The molecule has 0 spiro atoms. The van der Waals surface area contributed by atoms with Crippen LogP contribution in [-0.4, -0.2) is 35.4 Å². The van der Waals surface area contributed by atoms with Crippen LogP contribution < -0.4 is 15.8 Å². The van der Waals surface area contributed by atoms with E-state index in [2.05, 4.69) is 12.2 Å². The molecular formula is C22H30N2O4. The Bertz CT molecular complexity index is 734. The smallest absolute Gasteiger partial charge is 0.255 e. The highest BCUT2D eigenvalue weighted by Crippen LogP contribution is 2.21. The summed E-state index contributed by atoms with van der Waals surface area (Å²) in [4.78, 5) is 12.7. The number of nitrogens with one attached hydrogen (secondary N) is 1. The number of aliphatic hydroxyl groups excluding tert-OH is 2. The topological polar surface area (TPSA) is 105 Å². The van der Waals surface area contributed by atoms with E-state index in [4.69, 9.17) is 10.5 Å². The van der Waals surface area contributed by atoms with Crippen molar-refractivity contribution in [2.45, 2.75) is 44.8 Å². The molecule has 6 heteroatoms. The minimum absolute atomic E-state index is 0.376. The highest BCUT2D eigenvalue weighted by molar-refractivity contribution is 5.97. The summed E-state index contributed by atoms with van der Waals surface area (Å²) < 4.78 is 5.78. The first kappa shape index (κ1) is 21.7. The van der Waals surface area contributed by atoms with Crippen LogP contribution in [0.5, 0.6) is 5.75 Å². The van der Waals surface area contributed by atoms with Crippen molar-refractivity contribution >= 4 is 11.6 Å². The third-order valence-electron chi connectivity index (χ3n) is 4.56. The molecule has 1 amide bonds. The second-order valence-corrected chi connectivity index (χ2v) is 6.78. The van der Waals surface area contributed by atoms with Crippen molar-refractivity contribution in [2.24, 2.45) is 0 Å². The molecule has 0 radical (unpaired) electrons. The van der Waals surface area contributed by atoms with Gasteiger partial charge in [0, 0.05) is 5.69 Å². The zero-order valence-corrected chi connectivity index (χ0v) is 16.3. The minimum atomic E-state index is -1.06. The molecule has 0 aliphatic carbocycles. The Kier molecular flexibility index (Phi) is 8.78. The lowest BCUT2D eigenvalue weighted by molar-refractivity contribution is 0.0700. The highest BCUT2D eigenvalue weighted by Gasteiger charge is 2.24. The number of benzene rings is 2. The van der Waals surface area contributed by atoms with Crippen LogP contribution in [-0.2, 0) is 0 Å². The summed E-state index contributed by atoms with van der Waals surface area (Å²) in [6, 6.07) is 12.8. The molecule has 0 saturated heterocycles. The largest absolute Gasteiger partial charge is 0.493 e. The monoisotopic (exact) mass is 386 g/mol. The van der Waals surface area contributed by atoms with Crippen molar-refractivity contribution in [1.82, 2.24) is 5.32 Å². The number of ether oxygens (including phenoxy) is 1. The van der Waals surface area contributed by atoms with Crippen molar-refractivity contribution in [2.75, 3.05) is 18.9 Å². The number of rotatable bonds is 11. The second kappa shape index (κ2) is 11.3. The highest BCUT2D eigenvalue weighted by atomic mass is 16.5. The summed E-state index contributed by atoms with van der Waals surface area (Å²) in [5.41, 5.74) is 7.18. The lowest BCUT2D eigenvalue weighted by atomic mass is 10.0. The Labute approximate surface area is 166 Å². The molecular weight excluding hydrogens is 356 g/mol. The fourth-order valence-corrected chi connectivity index (χ4v) is 2.89. The fourth-order valence-electron chi connectivity index (χ4n) is 2.89. The molecule has 6 nitrogen and oxygen atoms in total. The molecule has 2 aromatic rings. The van der Waals surface area contributed by atoms with E-state index >= 15 is 0 Å². The number of para-hydroxylation sites is 1. The van der Waals surface area contributed by atoms with Gasteiger partial charge in [0.1, 0.15) is 11.9 Å². The maximum Gasteiger partial charge on any atom is 0.255 e. The van der Waals surface area contributed by atoms with Crippen LogP contribution in [0.25, 0.3) is 0 Å². The third-order valence-corrected chi connectivity index (χ3v) is 4.56. The summed E-state index contributed by atoms with van der Waals surface area (Å²) in [7, 11) is 0. The maximum atomic E-state index is 12.7. The van der Waals surface area contributed by atoms with Gasteiger partial charge in [0.05, 0.1) is 24.8 Å². The molecule has 0 fully saturated rings. The van der Waals surface area contributed by atoms with Gasteiger partial charge < -0.3 is 26.0 Å². The number of nitrogen functional groups attached to an aromatic ring is 1.